The average Bonchev–Trinajstić information content (AvgIpc) is 3.24. The minimum atomic E-state index is -0.515. The first-order valence-electron chi connectivity index (χ1n) is 11.7. The van der Waals surface area contributed by atoms with Crippen LogP contribution in [-0.4, -0.2) is 33.6 Å². The molecular weight excluding hydrogens is 512 g/mol. The van der Waals surface area contributed by atoms with Crippen LogP contribution >= 0.6 is 23.2 Å². The van der Waals surface area contributed by atoms with Crippen LogP contribution in [0, 0.1) is 17.1 Å². The first kappa shape index (κ1) is 25.0. The molecule has 1 amide bonds. The molecule has 1 aliphatic rings. The molecule has 9 heteroatoms. The molecule has 186 valence electrons. The molecule has 6 nitrogen and oxygen atoms in total. The maximum atomic E-state index is 14.5. The minimum absolute atomic E-state index is 0.0243. The van der Waals surface area contributed by atoms with Crippen molar-refractivity contribution in [3.8, 4) is 6.07 Å². The van der Waals surface area contributed by atoms with Gasteiger partial charge < -0.3 is 5.32 Å². The van der Waals surface area contributed by atoms with Gasteiger partial charge in [-0.3, -0.25) is 9.47 Å². The van der Waals surface area contributed by atoms with E-state index in [9.17, 15) is 9.18 Å². The summed E-state index contributed by atoms with van der Waals surface area (Å²) in [5.74, 6) is -0.515. The molecular formula is C28H22Cl2FN5O. The molecule has 0 fully saturated rings. The Balaban J connectivity index is 1.39. The van der Waals surface area contributed by atoms with Crippen LogP contribution in [0.2, 0.25) is 10.2 Å². The summed E-state index contributed by atoms with van der Waals surface area (Å²) in [6, 6.07) is 15.5. The fourth-order valence-corrected chi connectivity index (χ4v) is 5.11. The zero-order valence-corrected chi connectivity index (χ0v) is 21.2. The van der Waals surface area contributed by atoms with Gasteiger partial charge in [0.1, 0.15) is 11.0 Å². The molecule has 0 saturated carbocycles. The molecule has 3 heterocycles. The highest BCUT2D eigenvalue weighted by Gasteiger charge is 2.28. The summed E-state index contributed by atoms with van der Waals surface area (Å²) in [5, 5.41) is 12.8. The van der Waals surface area contributed by atoms with E-state index in [1.165, 1.54) is 6.07 Å². The predicted molar refractivity (Wildman–Crippen MR) is 143 cm³/mol. The monoisotopic (exact) mass is 533 g/mol. The number of carbonyl (C=O) groups is 1. The number of aromatic nitrogens is 2. The summed E-state index contributed by atoms with van der Waals surface area (Å²) in [6.45, 7) is 2.21. The average molecular weight is 534 g/mol. The lowest BCUT2D eigenvalue weighted by Crippen LogP contribution is -2.34. The SMILES string of the molecule is N#Cc1ccc(/C=C/CN2CCc3c(c4c(Cl)c(F)ccc4n3C(=O)NCc3ccnc(Cl)c3)C2)cc1. The Kier molecular flexibility index (Phi) is 7.24. The molecule has 0 atom stereocenters. The van der Waals surface area contributed by atoms with Crippen LogP contribution < -0.4 is 5.32 Å². The number of hydrogen-bond donors (Lipinski definition) is 1. The third-order valence-corrected chi connectivity index (χ3v) is 7.01. The number of hydrogen-bond acceptors (Lipinski definition) is 4. The van der Waals surface area contributed by atoms with Crippen molar-refractivity contribution in [3.63, 3.8) is 0 Å². The fraction of sp³-hybridized carbons (Fsp3) is 0.179. The maximum Gasteiger partial charge on any atom is 0.326 e. The molecule has 0 spiro atoms. The summed E-state index contributed by atoms with van der Waals surface area (Å²) < 4.78 is 16.1. The summed E-state index contributed by atoms with van der Waals surface area (Å²) in [7, 11) is 0. The minimum Gasteiger partial charge on any atom is -0.333 e. The van der Waals surface area contributed by atoms with Gasteiger partial charge in [-0.1, -0.05) is 47.5 Å². The third kappa shape index (κ3) is 5.23. The predicted octanol–water partition coefficient (Wildman–Crippen LogP) is 6.18. The summed E-state index contributed by atoms with van der Waals surface area (Å²) >= 11 is 12.4. The van der Waals surface area contributed by atoms with E-state index >= 15 is 0 Å². The van der Waals surface area contributed by atoms with E-state index in [0.717, 1.165) is 28.9 Å². The second-order valence-electron chi connectivity index (χ2n) is 8.78. The van der Waals surface area contributed by atoms with Crippen LogP contribution in [0.1, 0.15) is 27.9 Å². The number of rotatable bonds is 5. The first-order chi connectivity index (χ1) is 17.9. The summed E-state index contributed by atoms with van der Waals surface area (Å²) in [5.41, 5.74) is 4.72. The highest BCUT2D eigenvalue weighted by atomic mass is 35.5. The number of carbonyl (C=O) groups excluding carboxylic acids is 1. The fourth-order valence-electron chi connectivity index (χ4n) is 4.64. The second kappa shape index (κ2) is 10.7. The smallest absolute Gasteiger partial charge is 0.326 e. The van der Waals surface area contributed by atoms with Crippen molar-refractivity contribution in [2.24, 2.45) is 0 Å². The van der Waals surface area contributed by atoms with E-state index in [-0.39, 0.29) is 17.6 Å². The number of nitrogens with one attached hydrogen (secondary N) is 1. The van der Waals surface area contributed by atoms with Gasteiger partial charge in [0.05, 0.1) is 22.2 Å². The van der Waals surface area contributed by atoms with Crippen molar-refractivity contribution in [3.05, 3.63) is 105 Å². The molecule has 4 aromatic rings. The van der Waals surface area contributed by atoms with Crippen molar-refractivity contribution in [1.29, 1.82) is 5.26 Å². The van der Waals surface area contributed by atoms with E-state index in [1.54, 1.807) is 41.1 Å². The van der Waals surface area contributed by atoms with Crippen LogP contribution in [0.5, 0.6) is 0 Å². The normalized spacial score (nSPS) is 13.6. The zero-order chi connectivity index (χ0) is 25.9. The quantitative estimate of drug-likeness (QED) is 0.310. The summed E-state index contributed by atoms with van der Waals surface area (Å²) in [6.07, 6.45) is 6.26. The van der Waals surface area contributed by atoms with Gasteiger partial charge in [0.2, 0.25) is 0 Å². The molecule has 1 N–H and O–H groups in total. The highest BCUT2D eigenvalue weighted by Crippen LogP contribution is 2.36. The van der Waals surface area contributed by atoms with Crippen LogP contribution in [0.15, 0.2) is 60.8 Å². The number of fused-ring (bicyclic) bond motifs is 3. The van der Waals surface area contributed by atoms with Gasteiger partial charge in [0.25, 0.3) is 0 Å². The van der Waals surface area contributed by atoms with E-state index in [1.807, 2.05) is 18.2 Å². The van der Waals surface area contributed by atoms with Gasteiger partial charge in [0, 0.05) is 49.9 Å². The van der Waals surface area contributed by atoms with Crippen molar-refractivity contribution in [1.82, 2.24) is 19.8 Å². The molecule has 0 saturated heterocycles. The largest absolute Gasteiger partial charge is 0.333 e. The standard InChI is InChI=1S/C28H22Cl2FN5O/c29-25-14-20(9-11-33-25)16-34-28(37)36-23-10-13-35(12-1-2-18-3-5-19(15-32)6-4-18)17-21(23)26-24(36)8-7-22(31)27(26)30/h1-9,11,14H,10,12-13,16-17H2,(H,34,37)/b2-1+. The molecule has 0 unspecified atom stereocenters. The van der Waals surface area contributed by atoms with Crippen LogP contribution in [-0.2, 0) is 19.5 Å². The van der Waals surface area contributed by atoms with Gasteiger partial charge >= 0.3 is 6.03 Å². The van der Waals surface area contributed by atoms with Crippen molar-refractivity contribution in [2.75, 3.05) is 13.1 Å². The van der Waals surface area contributed by atoms with Gasteiger partial charge in [-0.2, -0.15) is 5.26 Å². The van der Waals surface area contributed by atoms with Gasteiger partial charge in [-0.15, -0.1) is 0 Å². The molecule has 1 aliphatic heterocycles. The van der Waals surface area contributed by atoms with Gasteiger partial charge in [-0.05, 0) is 53.1 Å². The molecule has 0 aliphatic carbocycles. The third-order valence-electron chi connectivity index (χ3n) is 6.43. The molecule has 0 radical (unpaired) electrons. The second-order valence-corrected chi connectivity index (χ2v) is 9.55. The number of amides is 1. The van der Waals surface area contributed by atoms with E-state index < -0.39 is 5.82 Å². The maximum absolute atomic E-state index is 14.5. The Labute approximate surface area is 223 Å². The Morgan fingerprint density at radius 1 is 1.19 bits per heavy atom. The number of benzene rings is 2. The Morgan fingerprint density at radius 2 is 2.00 bits per heavy atom. The summed E-state index contributed by atoms with van der Waals surface area (Å²) in [4.78, 5) is 19.5. The van der Waals surface area contributed by atoms with Gasteiger partial charge in [-0.25, -0.2) is 14.2 Å². The first-order valence-corrected chi connectivity index (χ1v) is 12.5. The van der Waals surface area contributed by atoms with Crippen LogP contribution in [0.3, 0.4) is 0 Å². The lowest BCUT2D eigenvalue weighted by Gasteiger charge is -2.27. The van der Waals surface area contributed by atoms with Crippen molar-refractivity contribution < 1.29 is 9.18 Å². The van der Waals surface area contributed by atoms with E-state index in [0.29, 0.717) is 41.1 Å². The Hall–Kier alpha value is -3.70. The molecule has 0 bridgehead atoms. The molecule has 2 aromatic heterocycles. The molecule has 2 aromatic carbocycles. The number of nitrogens with zero attached hydrogens (tertiary/aromatic N) is 4. The lowest BCUT2D eigenvalue weighted by molar-refractivity contribution is 0.240. The van der Waals surface area contributed by atoms with E-state index in [4.69, 9.17) is 28.5 Å². The Bertz CT molecular complexity index is 1560. The zero-order valence-electron chi connectivity index (χ0n) is 19.7. The van der Waals surface area contributed by atoms with Crippen molar-refractivity contribution >= 4 is 46.2 Å². The number of halogens is 3. The molecule has 37 heavy (non-hydrogen) atoms. The topological polar surface area (TPSA) is 74.0 Å². The number of pyridine rings is 1. The van der Waals surface area contributed by atoms with Crippen molar-refractivity contribution in [2.45, 2.75) is 19.5 Å². The Morgan fingerprint density at radius 3 is 2.76 bits per heavy atom. The van der Waals surface area contributed by atoms with Gasteiger partial charge in [0.15, 0.2) is 0 Å². The van der Waals surface area contributed by atoms with Crippen LogP contribution in [0.25, 0.3) is 17.0 Å². The highest BCUT2D eigenvalue weighted by molar-refractivity contribution is 6.36. The lowest BCUT2D eigenvalue weighted by atomic mass is 10.0. The number of nitriles is 1. The van der Waals surface area contributed by atoms with Crippen LogP contribution in [0.4, 0.5) is 9.18 Å². The van der Waals surface area contributed by atoms with E-state index in [2.05, 4.69) is 27.3 Å². The molecule has 5 rings (SSSR count).